The van der Waals surface area contributed by atoms with E-state index in [0.717, 1.165) is 25.8 Å². The van der Waals surface area contributed by atoms with E-state index < -0.39 is 0 Å². The topological polar surface area (TPSA) is 30.5 Å². The first-order chi connectivity index (χ1) is 8.78. The fourth-order valence-electron chi connectivity index (χ4n) is 3.42. The summed E-state index contributed by atoms with van der Waals surface area (Å²) in [6.07, 6.45) is 9.90. The Kier molecular flexibility index (Phi) is 3.92. The summed E-state index contributed by atoms with van der Waals surface area (Å²) in [7, 11) is 0. The van der Waals surface area contributed by atoms with Crippen LogP contribution in [0.2, 0.25) is 0 Å². The summed E-state index contributed by atoms with van der Waals surface area (Å²) in [6, 6.07) is 0.803. The third kappa shape index (κ3) is 2.89. The molecule has 0 bridgehead atoms. The van der Waals surface area contributed by atoms with Gasteiger partial charge in [-0.3, -0.25) is 0 Å². The van der Waals surface area contributed by atoms with Crippen LogP contribution in [0.5, 0.6) is 0 Å². The largest absolute Gasteiger partial charge is 0.378 e. The summed E-state index contributed by atoms with van der Waals surface area (Å²) >= 11 is 0. The highest BCUT2D eigenvalue weighted by Gasteiger charge is 2.42. The van der Waals surface area contributed by atoms with E-state index in [0.29, 0.717) is 17.6 Å². The molecule has 3 fully saturated rings. The fourth-order valence-corrected chi connectivity index (χ4v) is 3.42. The zero-order valence-electron chi connectivity index (χ0n) is 11.6. The van der Waals surface area contributed by atoms with Crippen LogP contribution in [-0.2, 0) is 9.47 Å². The van der Waals surface area contributed by atoms with Crippen molar-refractivity contribution in [2.24, 2.45) is 5.41 Å². The first-order valence-electron chi connectivity index (χ1n) is 7.75. The SMILES string of the molecule is CC1OCCC1(CCC1CCCO1)CNC1CC1. The van der Waals surface area contributed by atoms with E-state index in [-0.39, 0.29) is 0 Å². The molecule has 3 heteroatoms. The predicted molar refractivity (Wildman–Crippen MR) is 71.7 cm³/mol. The van der Waals surface area contributed by atoms with Gasteiger partial charge in [0, 0.05) is 31.2 Å². The summed E-state index contributed by atoms with van der Waals surface area (Å²) in [4.78, 5) is 0. The number of rotatable bonds is 6. The van der Waals surface area contributed by atoms with Crippen molar-refractivity contribution in [3.8, 4) is 0 Å². The van der Waals surface area contributed by atoms with Gasteiger partial charge in [-0.1, -0.05) is 0 Å². The lowest BCUT2D eigenvalue weighted by molar-refractivity contribution is 0.0407. The monoisotopic (exact) mass is 253 g/mol. The Morgan fingerprint density at radius 3 is 2.67 bits per heavy atom. The maximum atomic E-state index is 5.86. The van der Waals surface area contributed by atoms with Gasteiger partial charge >= 0.3 is 0 Å². The van der Waals surface area contributed by atoms with Crippen molar-refractivity contribution < 1.29 is 9.47 Å². The van der Waals surface area contributed by atoms with Gasteiger partial charge in [0.15, 0.2) is 0 Å². The lowest BCUT2D eigenvalue weighted by Crippen LogP contribution is -2.40. The Hall–Kier alpha value is -0.120. The molecular weight excluding hydrogens is 226 g/mol. The van der Waals surface area contributed by atoms with Crippen molar-refractivity contribution in [3.63, 3.8) is 0 Å². The molecule has 1 N–H and O–H groups in total. The number of hydrogen-bond acceptors (Lipinski definition) is 3. The molecule has 0 amide bonds. The first kappa shape index (κ1) is 12.9. The molecule has 3 atom stereocenters. The molecule has 3 nitrogen and oxygen atoms in total. The van der Waals surface area contributed by atoms with Crippen LogP contribution in [0, 0.1) is 5.41 Å². The summed E-state index contributed by atoms with van der Waals surface area (Å²) < 4.78 is 11.6. The van der Waals surface area contributed by atoms with E-state index in [9.17, 15) is 0 Å². The molecule has 0 aromatic rings. The highest BCUT2D eigenvalue weighted by molar-refractivity contribution is 4.94. The molecule has 18 heavy (non-hydrogen) atoms. The zero-order valence-corrected chi connectivity index (χ0v) is 11.6. The molecule has 0 aromatic heterocycles. The van der Waals surface area contributed by atoms with Crippen molar-refractivity contribution >= 4 is 0 Å². The molecular formula is C15H27NO2. The van der Waals surface area contributed by atoms with Crippen molar-refractivity contribution in [2.75, 3.05) is 19.8 Å². The van der Waals surface area contributed by atoms with E-state index in [4.69, 9.17) is 9.47 Å². The maximum absolute atomic E-state index is 5.86. The van der Waals surface area contributed by atoms with Crippen molar-refractivity contribution in [3.05, 3.63) is 0 Å². The minimum Gasteiger partial charge on any atom is -0.378 e. The highest BCUT2D eigenvalue weighted by atomic mass is 16.5. The van der Waals surface area contributed by atoms with E-state index in [2.05, 4.69) is 12.2 Å². The van der Waals surface area contributed by atoms with Gasteiger partial charge in [-0.05, 0) is 51.9 Å². The number of hydrogen-bond donors (Lipinski definition) is 1. The molecule has 1 aliphatic carbocycles. The second-order valence-corrected chi connectivity index (χ2v) is 6.45. The van der Waals surface area contributed by atoms with E-state index in [1.54, 1.807) is 0 Å². The Morgan fingerprint density at radius 1 is 1.17 bits per heavy atom. The van der Waals surface area contributed by atoms with E-state index >= 15 is 0 Å². The van der Waals surface area contributed by atoms with Crippen LogP contribution >= 0.6 is 0 Å². The second-order valence-electron chi connectivity index (χ2n) is 6.45. The Labute approximate surface area is 111 Å². The van der Waals surface area contributed by atoms with E-state index in [1.807, 2.05) is 0 Å². The summed E-state index contributed by atoms with van der Waals surface area (Å²) in [5.74, 6) is 0. The third-order valence-corrected chi connectivity index (χ3v) is 5.14. The standard InChI is InChI=1S/C15H27NO2/c1-12-15(8-10-17-12,11-16-13-4-5-13)7-6-14-3-2-9-18-14/h12-14,16H,2-11H2,1H3. The van der Waals surface area contributed by atoms with Gasteiger partial charge < -0.3 is 14.8 Å². The van der Waals surface area contributed by atoms with Crippen LogP contribution in [0.4, 0.5) is 0 Å². The van der Waals surface area contributed by atoms with Gasteiger partial charge in [0.25, 0.3) is 0 Å². The van der Waals surface area contributed by atoms with Gasteiger partial charge in [-0.2, -0.15) is 0 Å². The van der Waals surface area contributed by atoms with Crippen LogP contribution in [0.1, 0.15) is 51.9 Å². The van der Waals surface area contributed by atoms with Crippen molar-refractivity contribution in [2.45, 2.75) is 70.1 Å². The Bertz CT molecular complexity index is 274. The summed E-state index contributed by atoms with van der Waals surface area (Å²) in [5, 5.41) is 3.72. The van der Waals surface area contributed by atoms with Crippen molar-refractivity contribution in [1.82, 2.24) is 5.32 Å². The molecule has 104 valence electrons. The van der Waals surface area contributed by atoms with Gasteiger partial charge in [0.1, 0.15) is 0 Å². The maximum Gasteiger partial charge on any atom is 0.0616 e. The van der Waals surface area contributed by atoms with Crippen molar-refractivity contribution in [1.29, 1.82) is 0 Å². The molecule has 3 unspecified atom stereocenters. The molecule has 3 aliphatic rings. The molecule has 0 aromatic carbocycles. The summed E-state index contributed by atoms with van der Waals surface area (Å²) in [6.45, 7) is 5.33. The minimum atomic E-state index is 0.370. The molecule has 0 spiro atoms. The van der Waals surface area contributed by atoms with E-state index in [1.165, 1.54) is 44.9 Å². The Morgan fingerprint density at radius 2 is 2.06 bits per heavy atom. The van der Waals surface area contributed by atoms with Gasteiger partial charge in [-0.15, -0.1) is 0 Å². The zero-order chi connectivity index (χ0) is 12.4. The van der Waals surface area contributed by atoms with Crippen LogP contribution in [0.3, 0.4) is 0 Å². The molecule has 0 radical (unpaired) electrons. The number of nitrogens with one attached hydrogen (secondary N) is 1. The van der Waals surface area contributed by atoms with Gasteiger partial charge in [0.05, 0.1) is 12.2 Å². The highest BCUT2D eigenvalue weighted by Crippen LogP contribution is 2.40. The second kappa shape index (κ2) is 5.48. The normalized spacial score (nSPS) is 40.5. The van der Waals surface area contributed by atoms with Gasteiger partial charge in [-0.25, -0.2) is 0 Å². The van der Waals surface area contributed by atoms with Crippen LogP contribution in [0.15, 0.2) is 0 Å². The third-order valence-electron chi connectivity index (χ3n) is 5.14. The average Bonchev–Trinajstić information content (AvgIpc) is 2.92. The van der Waals surface area contributed by atoms with Crippen LogP contribution < -0.4 is 5.32 Å². The van der Waals surface area contributed by atoms with Crippen LogP contribution in [-0.4, -0.2) is 38.0 Å². The molecule has 2 aliphatic heterocycles. The smallest absolute Gasteiger partial charge is 0.0616 e. The quantitative estimate of drug-likeness (QED) is 0.789. The number of ether oxygens (including phenoxy) is 2. The predicted octanol–water partition coefficient (Wildman–Crippen LogP) is 2.49. The average molecular weight is 253 g/mol. The minimum absolute atomic E-state index is 0.370. The molecule has 3 rings (SSSR count). The molecule has 1 saturated carbocycles. The fraction of sp³-hybridized carbons (Fsp3) is 1.00. The van der Waals surface area contributed by atoms with Gasteiger partial charge in [0.2, 0.25) is 0 Å². The first-order valence-corrected chi connectivity index (χ1v) is 7.75. The molecule has 2 heterocycles. The molecule has 2 saturated heterocycles. The lowest BCUT2D eigenvalue weighted by Gasteiger charge is -2.33. The summed E-state index contributed by atoms with van der Waals surface area (Å²) in [5.41, 5.74) is 0.370. The Balaban J connectivity index is 1.53. The van der Waals surface area contributed by atoms with Crippen LogP contribution in [0.25, 0.3) is 0 Å². The lowest BCUT2D eigenvalue weighted by atomic mass is 9.76.